The average Bonchev–Trinajstić information content (AvgIpc) is 2.96. The number of imidazole rings is 1. The average molecular weight is 347 g/mol. The summed E-state index contributed by atoms with van der Waals surface area (Å²) in [6, 6.07) is 9.49. The van der Waals surface area contributed by atoms with E-state index in [0.29, 0.717) is 23.3 Å². The molecule has 0 spiro atoms. The molecule has 1 aromatic heterocycles. The van der Waals surface area contributed by atoms with Gasteiger partial charge in [-0.2, -0.15) is 0 Å². The van der Waals surface area contributed by atoms with E-state index in [1.165, 1.54) is 0 Å². The van der Waals surface area contributed by atoms with Crippen molar-refractivity contribution in [1.29, 1.82) is 0 Å². The van der Waals surface area contributed by atoms with Gasteiger partial charge in [-0.1, -0.05) is 44.9 Å². The number of rotatable bonds is 8. The van der Waals surface area contributed by atoms with Crippen LogP contribution in [0.1, 0.15) is 50.0 Å². The van der Waals surface area contributed by atoms with Gasteiger partial charge in [-0.15, -0.1) is 0 Å². The maximum absolute atomic E-state index is 12.6. The highest BCUT2D eigenvalue weighted by atomic mass is 32.1. The number of aromatic amines is 1. The van der Waals surface area contributed by atoms with E-state index in [-0.39, 0.29) is 12.5 Å². The highest BCUT2D eigenvalue weighted by Gasteiger charge is 2.26. The minimum atomic E-state index is -0.857. The number of hydrogen-bond donors (Lipinski definition) is 3. The Morgan fingerprint density at radius 2 is 1.88 bits per heavy atom. The monoisotopic (exact) mass is 347 g/mol. The molecule has 2 rings (SSSR count). The van der Waals surface area contributed by atoms with E-state index in [9.17, 15) is 9.90 Å². The first-order valence-corrected chi connectivity index (χ1v) is 8.78. The number of carbonyl (C=O) groups is 1. The summed E-state index contributed by atoms with van der Waals surface area (Å²) in [6.45, 7) is 4.29. The number of aliphatic hydroxyl groups is 1. The Hall–Kier alpha value is -1.92. The summed E-state index contributed by atoms with van der Waals surface area (Å²) in [4.78, 5) is 15.5. The highest BCUT2D eigenvalue weighted by Crippen LogP contribution is 2.19. The lowest BCUT2D eigenvalue weighted by atomic mass is 9.92. The Morgan fingerprint density at radius 3 is 2.46 bits per heavy atom. The van der Waals surface area contributed by atoms with Gasteiger partial charge in [0.05, 0.1) is 5.60 Å². The van der Waals surface area contributed by atoms with E-state index in [0.717, 1.165) is 18.5 Å². The Kier molecular flexibility index (Phi) is 6.34. The van der Waals surface area contributed by atoms with Crippen LogP contribution >= 0.6 is 12.2 Å². The summed E-state index contributed by atoms with van der Waals surface area (Å²) in [5, 5.41) is 13.5. The second-order valence-electron chi connectivity index (χ2n) is 6.06. The molecular weight excluding hydrogens is 322 g/mol. The van der Waals surface area contributed by atoms with Gasteiger partial charge in [-0.05, 0) is 37.2 Å². The molecule has 0 bridgehead atoms. The highest BCUT2D eigenvalue weighted by molar-refractivity contribution is 7.71. The third-order valence-corrected chi connectivity index (χ3v) is 4.33. The van der Waals surface area contributed by atoms with Crippen LogP contribution in [0, 0.1) is 4.77 Å². The second-order valence-corrected chi connectivity index (χ2v) is 6.44. The normalized spacial score (nSPS) is 11.5. The number of para-hydroxylation sites is 1. The molecule has 1 aromatic carbocycles. The van der Waals surface area contributed by atoms with Crippen LogP contribution < -0.4 is 5.32 Å². The van der Waals surface area contributed by atoms with Crippen LogP contribution in [0.3, 0.4) is 0 Å². The lowest BCUT2D eigenvalue weighted by Crippen LogP contribution is -2.43. The summed E-state index contributed by atoms with van der Waals surface area (Å²) in [5.41, 5.74) is 0.400. The molecule has 1 heterocycles. The lowest BCUT2D eigenvalue weighted by molar-refractivity contribution is 0.0212. The predicted molar refractivity (Wildman–Crippen MR) is 98.1 cm³/mol. The van der Waals surface area contributed by atoms with E-state index in [4.69, 9.17) is 12.2 Å². The number of nitrogens with zero attached hydrogens (tertiary/aromatic N) is 1. The first kappa shape index (κ1) is 18.4. The van der Waals surface area contributed by atoms with Crippen LogP contribution in [0.4, 0.5) is 0 Å². The van der Waals surface area contributed by atoms with Gasteiger partial charge in [0.25, 0.3) is 5.91 Å². The maximum atomic E-state index is 12.6. The number of benzene rings is 1. The van der Waals surface area contributed by atoms with Crippen LogP contribution in [-0.2, 0) is 0 Å². The first-order valence-electron chi connectivity index (χ1n) is 8.37. The van der Waals surface area contributed by atoms with E-state index in [1.54, 1.807) is 10.8 Å². The van der Waals surface area contributed by atoms with Gasteiger partial charge in [-0.25, -0.2) is 0 Å². The Labute approximate surface area is 147 Å². The van der Waals surface area contributed by atoms with Crippen molar-refractivity contribution >= 4 is 18.1 Å². The summed E-state index contributed by atoms with van der Waals surface area (Å²) >= 11 is 5.29. The fourth-order valence-corrected chi connectivity index (χ4v) is 3.20. The standard InChI is InChI=1S/C18H25N3O2S/c1-3-10-18(23,11-4-2)13-20-16(22)15-12-19-17(24)21(15)14-8-6-5-7-9-14/h5-9,12,23H,3-4,10-11,13H2,1-2H3,(H,19,24)(H,20,22). The predicted octanol–water partition coefficient (Wildman–Crippen LogP) is 3.60. The van der Waals surface area contributed by atoms with E-state index < -0.39 is 5.60 Å². The van der Waals surface area contributed by atoms with Gasteiger partial charge in [0.2, 0.25) is 0 Å². The number of hydrogen-bond acceptors (Lipinski definition) is 3. The van der Waals surface area contributed by atoms with Gasteiger partial charge in [0.15, 0.2) is 4.77 Å². The van der Waals surface area contributed by atoms with Crippen molar-refractivity contribution in [1.82, 2.24) is 14.9 Å². The summed E-state index contributed by atoms with van der Waals surface area (Å²) < 4.78 is 2.16. The van der Waals surface area contributed by atoms with Gasteiger partial charge in [-0.3, -0.25) is 9.36 Å². The Morgan fingerprint density at radius 1 is 1.25 bits per heavy atom. The zero-order valence-electron chi connectivity index (χ0n) is 14.2. The molecule has 0 aliphatic carbocycles. The second kappa shape index (κ2) is 8.26. The third kappa shape index (κ3) is 4.33. The number of aromatic nitrogens is 2. The number of carbonyl (C=O) groups excluding carboxylic acids is 1. The molecule has 5 nitrogen and oxygen atoms in total. The van der Waals surface area contributed by atoms with Gasteiger partial charge >= 0.3 is 0 Å². The quantitative estimate of drug-likeness (QED) is 0.639. The molecule has 0 saturated heterocycles. The summed E-state index contributed by atoms with van der Waals surface area (Å²) in [7, 11) is 0. The lowest BCUT2D eigenvalue weighted by Gasteiger charge is -2.27. The Balaban J connectivity index is 2.18. The molecule has 24 heavy (non-hydrogen) atoms. The van der Waals surface area contributed by atoms with Crippen LogP contribution in [0.15, 0.2) is 36.5 Å². The van der Waals surface area contributed by atoms with E-state index in [1.807, 2.05) is 44.2 Å². The zero-order valence-corrected chi connectivity index (χ0v) is 15.0. The number of amides is 1. The van der Waals surface area contributed by atoms with Gasteiger partial charge in [0.1, 0.15) is 5.69 Å². The van der Waals surface area contributed by atoms with Crippen LogP contribution in [0.25, 0.3) is 5.69 Å². The summed E-state index contributed by atoms with van der Waals surface area (Å²) in [6.07, 6.45) is 4.68. The smallest absolute Gasteiger partial charge is 0.269 e. The van der Waals surface area contributed by atoms with Crippen molar-refractivity contribution in [2.24, 2.45) is 0 Å². The van der Waals surface area contributed by atoms with Crippen molar-refractivity contribution < 1.29 is 9.90 Å². The molecule has 130 valence electrons. The number of nitrogens with one attached hydrogen (secondary N) is 2. The molecular formula is C18H25N3O2S. The fourth-order valence-electron chi connectivity index (χ4n) is 2.94. The molecule has 0 unspecified atom stereocenters. The SMILES string of the molecule is CCCC(O)(CCC)CNC(=O)c1c[nH]c(=S)n1-c1ccccc1. The topological polar surface area (TPSA) is 70.1 Å². The van der Waals surface area contributed by atoms with E-state index >= 15 is 0 Å². The minimum absolute atomic E-state index is 0.236. The minimum Gasteiger partial charge on any atom is -0.388 e. The van der Waals surface area contributed by atoms with Crippen molar-refractivity contribution in [2.45, 2.75) is 45.1 Å². The van der Waals surface area contributed by atoms with Crippen LogP contribution in [-0.4, -0.2) is 32.7 Å². The van der Waals surface area contributed by atoms with Crippen molar-refractivity contribution in [2.75, 3.05) is 6.54 Å². The Bertz CT molecular complexity index is 715. The molecule has 2 aromatic rings. The van der Waals surface area contributed by atoms with Crippen molar-refractivity contribution in [3.63, 3.8) is 0 Å². The molecule has 3 N–H and O–H groups in total. The maximum Gasteiger partial charge on any atom is 0.269 e. The van der Waals surface area contributed by atoms with E-state index in [2.05, 4.69) is 10.3 Å². The molecule has 0 aliphatic rings. The number of H-pyrrole nitrogens is 1. The van der Waals surface area contributed by atoms with Crippen LogP contribution in [0.5, 0.6) is 0 Å². The molecule has 0 atom stereocenters. The molecule has 0 radical (unpaired) electrons. The van der Waals surface area contributed by atoms with Gasteiger partial charge in [0, 0.05) is 18.4 Å². The van der Waals surface area contributed by atoms with Gasteiger partial charge < -0.3 is 15.4 Å². The largest absolute Gasteiger partial charge is 0.388 e. The fraction of sp³-hybridized carbons (Fsp3) is 0.444. The molecule has 0 aliphatic heterocycles. The zero-order chi connectivity index (χ0) is 17.6. The van der Waals surface area contributed by atoms with Crippen LogP contribution in [0.2, 0.25) is 0 Å². The van der Waals surface area contributed by atoms with Crippen molar-refractivity contribution in [3.8, 4) is 5.69 Å². The third-order valence-electron chi connectivity index (χ3n) is 4.03. The molecule has 0 saturated carbocycles. The first-order chi connectivity index (χ1) is 11.5. The molecule has 1 amide bonds. The molecule has 6 heteroatoms. The van der Waals surface area contributed by atoms with Crippen molar-refractivity contribution in [3.05, 3.63) is 47.0 Å². The molecule has 0 fully saturated rings. The summed E-state index contributed by atoms with van der Waals surface area (Å²) in [5.74, 6) is -0.253.